The van der Waals surface area contributed by atoms with Crippen LogP contribution < -0.4 is 10.1 Å². The van der Waals surface area contributed by atoms with Crippen LogP contribution in [0.25, 0.3) is 11.3 Å². The molecule has 0 aliphatic carbocycles. The van der Waals surface area contributed by atoms with Gasteiger partial charge in [-0.3, -0.25) is 0 Å². The highest BCUT2D eigenvalue weighted by atomic mass is 35.5. The fraction of sp³-hybridized carbons (Fsp3) is 0.158. The summed E-state index contributed by atoms with van der Waals surface area (Å²) in [5.74, 6) is -0.184. The lowest BCUT2D eigenvalue weighted by Gasteiger charge is -2.13. The Morgan fingerprint density at radius 2 is 1.68 bits per heavy atom. The summed E-state index contributed by atoms with van der Waals surface area (Å²) in [5, 5.41) is 2.76. The molecule has 0 radical (unpaired) electrons. The molecule has 0 atom stereocenters. The molecule has 1 N–H and O–H groups in total. The van der Waals surface area contributed by atoms with Gasteiger partial charge in [0, 0.05) is 12.1 Å². The van der Waals surface area contributed by atoms with Gasteiger partial charge in [-0.1, -0.05) is 24.3 Å². The molecule has 0 aliphatic heterocycles. The largest absolute Gasteiger partial charge is 0.496 e. The number of halogens is 5. The number of aromatic nitrogens is 2. The second-order valence-corrected chi connectivity index (χ2v) is 5.64. The van der Waals surface area contributed by atoms with Gasteiger partial charge in [0.25, 0.3) is 0 Å². The predicted molar refractivity (Wildman–Crippen MR) is 100.0 cm³/mol. The minimum atomic E-state index is -4.63. The fourth-order valence-electron chi connectivity index (χ4n) is 2.45. The van der Waals surface area contributed by atoms with Gasteiger partial charge in [-0.25, -0.2) is 14.4 Å². The van der Waals surface area contributed by atoms with Crippen molar-refractivity contribution in [1.82, 2.24) is 9.97 Å². The Kier molecular flexibility index (Phi) is 6.80. The van der Waals surface area contributed by atoms with E-state index in [1.165, 1.54) is 31.4 Å². The van der Waals surface area contributed by atoms with Crippen LogP contribution in [0.4, 0.5) is 23.5 Å². The second-order valence-electron chi connectivity index (χ2n) is 5.64. The lowest BCUT2D eigenvalue weighted by Crippen LogP contribution is -2.13. The van der Waals surface area contributed by atoms with Crippen molar-refractivity contribution in [2.75, 3.05) is 12.4 Å². The molecule has 0 fully saturated rings. The first-order chi connectivity index (χ1) is 12.9. The van der Waals surface area contributed by atoms with Gasteiger partial charge in [0.15, 0.2) is 5.69 Å². The molecule has 28 heavy (non-hydrogen) atoms. The van der Waals surface area contributed by atoms with Gasteiger partial charge in [0.2, 0.25) is 5.95 Å². The van der Waals surface area contributed by atoms with Gasteiger partial charge in [0.05, 0.1) is 12.8 Å². The number of hydrogen-bond acceptors (Lipinski definition) is 4. The number of nitrogens with zero attached hydrogens (tertiary/aromatic N) is 2. The molecule has 0 bridgehead atoms. The molecule has 0 aliphatic rings. The van der Waals surface area contributed by atoms with Crippen molar-refractivity contribution in [3.05, 3.63) is 71.7 Å². The van der Waals surface area contributed by atoms with Crippen molar-refractivity contribution in [3.8, 4) is 17.0 Å². The van der Waals surface area contributed by atoms with E-state index in [-0.39, 0.29) is 30.6 Å². The van der Waals surface area contributed by atoms with E-state index >= 15 is 0 Å². The van der Waals surface area contributed by atoms with Crippen LogP contribution in [0.5, 0.6) is 5.75 Å². The molecule has 148 valence electrons. The Morgan fingerprint density at radius 1 is 1.00 bits per heavy atom. The zero-order chi connectivity index (χ0) is 19.4. The first-order valence-corrected chi connectivity index (χ1v) is 7.95. The fourth-order valence-corrected chi connectivity index (χ4v) is 2.45. The van der Waals surface area contributed by atoms with Crippen molar-refractivity contribution in [2.45, 2.75) is 12.7 Å². The number of benzene rings is 2. The Hall–Kier alpha value is -2.87. The van der Waals surface area contributed by atoms with Gasteiger partial charge < -0.3 is 10.1 Å². The molecule has 0 amide bonds. The average Bonchev–Trinajstić information content (AvgIpc) is 2.66. The van der Waals surface area contributed by atoms with E-state index in [0.29, 0.717) is 16.9 Å². The summed E-state index contributed by atoms with van der Waals surface area (Å²) in [4.78, 5) is 7.74. The first kappa shape index (κ1) is 21.4. The number of nitrogens with one attached hydrogen (secondary N) is 1. The van der Waals surface area contributed by atoms with E-state index in [2.05, 4.69) is 15.3 Å². The van der Waals surface area contributed by atoms with Gasteiger partial charge >= 0.3 is 6.18 Å². The zero-order valence-electron chi connectivity index (χ0n) is 14.6. The normalized spacial score (nSPS) is 10.9. The van der Waals surface area contributed by atoms with Gasteiger partial charge in [-0.05, 0) is 35.9 Å². The third-order valence-electron chi connectivity index (χ3n) is 3.76. The standard InChI is InChI=1S/C19H15F4N3O.ClH/c1-27-16-5-3-2-4-14(16)15-10-17(19(21,22)23)26-18(25-15)24-11-12-6-8-13(20)9-7-12;/h2-10H,11H2,1H3,(H,24,25,26);1H. The summed E-state index contributed by atoms with van der Waals surface area (Å²) >= 11 is 0. The molecule has 9 heteroatoms. The average molecular weight is 414 g/mol. The molecule has 1 aromatic heterocycles. The number of hydrogen-bond donors (Lipinski definition) is 1. The van der Waals surface area contributed by atoms with Gasteiger partial charge in [-0.15, -0.1) is 12.4 Å². The van der Waals surface area contributed by atoms with Crippen molar-refractivity contribution in [3.63, 3.8) is 0 Å². The lowest BCUT2D eigenvalue weighted by atomic mass is 10.1. The Bertz CT molecular complexity index is 933. The van der Waals surface area contributed by atoms with Crippen LogP contribution in [0, 0.1) is 5.82 Å². The van der Waals surface area contributed by atoms with Crippen LogP contribution in [0.3, 0.4) is 0 Å². The highest BCUT2D eigenvalue weighted by molar-refractivity contribution is 5.85. The number of alkyl halides is 3. The number of para-hydroxylation sites is 1. The molecule has 1 heterocycles. The topological polar surface area (TPSA) is 47.0 Å². The predicted octanol–water partition coefficient (Wildman–Crippen LogP) is 5.34. The maximum Gasteiger partial charge on any atom is 0.433 e. The molecule has 3 aromatic rings. The molecular weight excluding hydrogens is 398 g/mol. The highest BCUT2D eigenvalue weighted by Gasteiger charge is 2.34. The molecule has 2 aromatic carbocycles. The summed E-state index contributed by atoms with van der Waals surface area (Å²) in [6.45, 7) is 0.146. The maximum absolute atomic E-state index is 13.3. The van der Waals surface area contributed by atoms with Crippen molar-refractivity contribution in [1.29, 1.82) is 0 Å². The molecule has 0 spiro atoms. The van der Waals surface area contributed by atoms with Crippen molar-refractivity contribution in [2.24, 2.45) is 0 Å². The van der Waals surface area contributed by atoms with Crippen molar-refractivity contribution < 1.29 is 22.3 Å². The molecular formula is C19H16ClF4N3O. The van der Waals surface area contributed by atoms with Crippen LogP contribution in [-0.2, 0) is 12.7 Å². The van der Waals surface area contributed by atoms with Crippen LogP contribution in [-0.4, -0.2) is 17.1 Å². The van der Waals surface area contributed by atoms with Crippen LogP contribution >= 0.6 is 12.4 Å². The van der Waals surface area contributed by atoms with E-state index < -0.39 is 17.7 Å². The lowest BCUT2D eigenvalue weighted by molar-refractivity contribution is -0.141. The molecule has 3 rings (SSSR count). The summed E-state index contributed by atoms with van der Waals surface area (Å²) < 4.78 is 58.0. The van der Waals surface area contributed by atoms with Crippen LogP contribution in [0.1, 0.15) is 11.3 Å². The minimum Gasteiger partial charge on any atom is -0.496 e. The number of anilines is 1. The smallest absolute Gasteiger partial charge is 0.433 e. The van der Waals surface area contributed by atoms with E-state index in [4.69, 9.17) is 4.74 Å². The third kappa shape index (κ3) is 5.10. The van der Waals surface area contributed by atoms with E-state index in [1.54, 1.807) is 24.3 Å². The Morgan fingerprint density at radius 3 is 2.32 bits per heavy atom. The molecule has 0 saturated carbocycles. The van der Waals surface area contributed by atoms with Crippen molar-refractivity contribution >= 4 is 18.4 Å². The summed E-state index contributed by atoms with van der Waals surface area (Å²) in [6.07, 6.45) is -4.63. The molecule has 0 unspecified atom stereocenters. The number of methoxy groups -OCH3 is 1. The van der Waals surface area contributed by atoms with Gasteiger partial charge in [-0.2, -0.15) is 13.2 Å². The first-order valence-electron chi connectivity index (χ1n) is 7.95. The number of ether oxygens (including phenoxy) is 1. The summed E-state index contributed by atoms with van der Waals surface area (Å²) in [7, 11) is 1.43. The molecule has 4 nitrogen and oxygen atoms in total. The SMILES string of the molecule is COc1ccccc1-c1cc(C(F)(F)F)nc(NCc2ccc(F)cc2)n1.Cl. The second kappa shape index (κ2) is 8.88. The quantitative estimate of drug-likeness (QED) is 0.573. The van der Waals surface area contributed by atoms with E-state index in [0.717, 1.165) is 6.07 Å². The highest BCUT2D eigenvalue weighted by Crippen LogP contribution is 2.34. The monoisotopic (exact) mass is 413 g/mol. The summed E-state index contributed by atoms with van der Waals surface area (Å²) in [6, 6.07) is 13.1. The third-order valence-corrected chi connectivity index (χ3v) is 3.76. The Labute approximate surface area is 165 Å². The maximum atomic E-state index is 13.3. The summed E-state index contributed by atoms with van der Waals surface area (Å²) in [5.41, 5.74) is 0.102. The Balaban J connectivity index is 0.00000280. The molecule has 0 saturated heterocycles. The van der Waals surface area contributed by atoms with E-state index in [1.807, 2.05) is 0 Å². The number of rotatable bonds is 5. The zero-order valence-corrected chi connectivity index (χ0v) is 15.4. The van der Waals surface area contributed by atoms with E-state index in [9.17, 15) is 17.6 Å². The van der Waals surface area contributed by atoms with Gasteiger partial charge in [0.1, 0.15) is 11.6 Å². The van der Waals surface area contributed by atoms with Crippen LogP contribution in [0.2, 0.25) is 0 Å². The minimum absolute atomic E-state index is 0. The van der Waals surface area contributed by atoms with Crippen LogP contribution in [0.15, 0.2) is 54.6 Å².